The van der Waals surface area contributed by atoms with Gasteiger partial charge >= 0.3 is 17.9 Å². The van der Waals surface area contributed by atoms with E-state index in [0.29, 0.717) is 5.56 Å². The van der Waals surface area contributed by atoms with Crippen molar-refractivity contribution in [1.82, 2.24) is 4.98 Å². The molecule has 0 spiro atoms. The van der Waals surface area contributed by atoms with Gasteiger partial charge in [-0.15, -0.1) is 0 Å². The van der Waals surface area contributed by atoms with Crippen LogP contribution in [0.1, 0.15) is 42.9 Å². The van der Waals surface area contributed by atoms with E-state index < -0.39 is 30.1 Å². The molecule has 0 radical (unpaired) electrons. The number of ether oxygens (including phenoxy) is 3. The molecule has 1 aromatic heterocycles. The van der Waals surface area contributed by atoms with Crippen LogP contribution in [0.15, 0.2) is 18.3 Å². The summed E-state index contributed by atoms with van der Waals surface area (Å²) in [5, 5.41) is 0. The molecule has 1 aromatic rings. The molecule has 1 rings (SSSR count). The van der Waals surface area contributed by atoms with Gasteiger partial charge in [-0.2, -0.15) is 0 Å². The Bertz CT molecular complexity index is 525. The molecule has 2 unspecified atom stereocenters. The van der Waals surface area contributed by atoms with E-state index in [1.54, 1.807) is 13.0 Å². The molecule has 0 aromatic carbocycles. The third kappa shape index (κ3) is 4.87. The zero-order valence-corrected chi connectivity index (χ0v) is 12.3. The number of pyridine rings is 1. The lowest BCUT2D eigenvalue weighted by atomic mass is 10.1. The number of aromatic nitrogens is 1. The standard InChI is InChI=1S/C14H17NO6/c1-8(20-9(2)16)13(21-10(3)17)11-5-6-12(15-7-11)14(18)19-4/h5-8,13H,1-4H3. The predicted octanol–water partition coefficient (Wildman–Crippen LogP) is 1.42. The molecule has 0 aliphatic heterocycles. The third-order valence-electron chi connectivity index (χ3n) is 2.58. The number of carbonyl (C=O) groups excluding carboxylic acids is 3. The molecule has 114 valence electrons. The molecule has 0 bridgehead atoms. The molecular weight excluding hydrogens is 278 g/mol. The van der Waals surface area contributed by atoms with Gasteiger partial charge in [-0.05, 0) is 13.0 Å². The first-order valence-electron chi connectivity index (χ1n) is 6.23. The lowest BCUT2D eigenvalue weighted by Crippen LogP contribution is -2.25. The number of esters is 3. The Balaban J connectivity index is 2.99. The average Bonchev–Trinajstić information content (AvgIpc) is 2.43. The monoisotopic (exact) mass is 295 g/mol. The van der Waals surface area contributed by atoms with Crippen LogP contribution in [-0.2, 0) is 23.8 Å². The fourth-order valence-corrected chi connectivity index (χ4v) is 1.74. The second-order valence-electron chi connectivity index (χ2n) is 4.31. The zero-order chi connectivity index (χ0) is 16.0. The second kappa shape index (κ2) is 7.37. The molecular formula is C14H17NO6. The summed E-state index contributed by atoms with van der Waals surface area (Å²) in [5.41, 5.74) is 0.634. The van der Waals surface area contributed by atoms with E-state index in [9.17, 15) is 14.4 Å². The number of carbonyl (C=O) groups is 3. The van der Waals surface area contributed by atoms with Crippen molar-refractivity contribution in [2.24, 2.45) is 0 Å². The van der Waals surface area contributed by atoms with E-state index in [0.717, 1.165) is 0 Å². The molecule has 0 aliphatic rings. The summed E-state index contributed by atoms with van der Waals surface area (Å²) < 4.78 is 14.7. The zero-order valence-electron chi connectivity index (χ0n) is 12.3. The van der Waals surface area contributed by atoms with Gasteiger partial charge in [0.1, 0.15) is 11.8 Å². The van der Waals surface area contributed by atoms with Crippen LogP contribution in [0.5, 0.6) is 0 Å². The minimum absolute atomic E-state index is 0.128. The molecule has 0 fully saturated rings. The van der Waals surface area contributed by atoms with Gasteiger partial charge < -0.3 is 14.2 Å². The lowest BCUT2D eigenvalue weighted by Gasteiger charge is -2.23. The fourth-order valence-electron chi connectivity index (χ4n) is 1.74. The number of hydrogen-bond donors (Lipinski definition) is 0. The van der Waals surface area contributed by atoms with Gasteiger partial charge in [0.15, 0.2) is 6.10 Å². The van der Waals surface area contributed by atoms with Gasteiger partial charge in [0.05, 0.1) is 7.11 Å². The number of hydrogen-bond acceptors (Lipinski definition) is 7. The molecule has 0 saturated heterocycles. The highest BCUT2D eigenvalue weighted by atomic mass is 16.6. The molecule has 0 N–H and O–H groups in total. The normalized spacial score (nSPS) is 13.0. The summed E-state index contributed by atoms with van der Waals surface area (Å²) >= 11 is 0. The molecule has 0 amide bonds. The number of methoxy groups -OCH3 is 1. The van der Waals surface area contributed by atoms with Gasteiger partial charge in [-0.1, -0.05) is 6.07 Å². The Labute approximate surface area is 122 Å². The molecule has 0 aliphatic carbocycles. The second-order valence-corrected chi connectivity index (χ2v) is 4.31. The highest BCUT2D eigenvalue weighted by Crippen LogP contribution is 2.23. The van der Waals surface area contributed by atoms with Crippen LogP contribution in [0.2, 0.25) is 0 Å². The van der Waals surface area contributed by atoms with Crippen LogP contribution in [-0.4, -0.2) is 36.1 Å². The van der Waals surface area contributed by atoms with Crippen LogP contribution in [0.3, 0.4) is 0 Å². The van der Waals surface area contributed by atoms with Gasteiger partial charge in [0.2, 0.25) is 0 Å². The van der Waals surface area contributed by atoms with E-state index in [2.05, 4.69) is 9.72 Å². The summed E-state index contributed by atoms with van der Waals surface area (Å²) in [5.74, 6) is -1.58. The maximum absolute atomic E-state index is 11.3. The van der Waals surface area contributed by atoms with Crippen molar-refractivity contribution in [3.8, 4) is 0 Å². The Morgan fingerprint density at radius 1 is 1.10 bits per heavy atom. The maximum atomic E-state index is 11.3. The summed E-state index contributed by atoms with van der Waals surface area (Å²) in [4.78, 5) is 37.4. The minimum atomic E-state index is -0.800. The Hall–Kier alpha value is -2.44. The summed E-state index contributed by atoms with van der Waals surface area (Å²) in [6, 6.07) is 3.00. The smallest absolute Gasteiger partial charge is 0.356 e. The summed E-state index contributed by atoms with van der Waals surface area (Å²) in [6.45, 7) is 4.12. The van der Waals surface area contributed by atoms with Crippen LogP contribution in [0.4, 0.5) is 0 Å². The molecule has 7 heteroatoms. The van der Waals surface area contributed by atoms with Crippen LogP contribution in [0.25, 0.3) is 0 Å². The van der Waals surface area contributed by atoms with E-state index in [1.807, 2.05) is 0 Å². The SMILES string of the molecule is COC(=O)c1ccc(C(OC(C)=O)C(C)OC(C)=O)cn1. The Morgan fingerprint density at radius 2 is 1.71 bits per heavy atom. The average molecular weight is 295 g/mol. The van der Waals surface area contributed by atoms with Gasteiger partial charge in [-0.3, -0.25) is 9.59 Å². The van der Waals surface area contributed by atoms with E-state index in [-0.39, 0.29) is 5.69 Å². The van der Waals surface area contributed by atoms with Crippen molar-refractivity contribution >= 4 is 17.9 Å². The number of nitrogens with zero attached hydrogens (tertiary/aromatic N) is 1. The minimum Gasteiger partial charge on any atom is -0.464 e. The predicted molar refractivity (Wildman–Crippen MR) is 71.3 cm³/mol. The van der Waals surface area contributed by atoms with Gasteiger partial charge in [0, 0.05) is 25.6 Å². The van der Waals surface area contributed by atoms with Gasteiger partial charge in [0.25, 0.3) is 0 Å². The lowest BCUT2D eigenvalue weighted by molar-refractivity contribution is -0.164. The molecule has 21 heavy (non-hydrogen) atoms. The molecule has 0 saturated carbocycles. The van der Waals surface area contributed by atoms with Crippen molar-refractivity contribution in [2.75, 3.05) is 7.11 Å². The quantitative estimate of drug-likeness (QED) is 0.599. The van der Waals surface area contributed by atoms with E-state index in [1.165, 1.54) is 33.2 Å². The van der Waals surface area contributed by atoms with Crippen LogP contribution in [0, 0.1) is 0 Å². The number of rotatable bonds is 5. The van der Waals surface area contributed by atoms with Crippen molar-refractivity contribution < 1.29 is 28.6 Å². The maximum Gasteiger partial charge on any atom is 0.356 e. The molecule has 1 heterocycles. The van der Waals surface area contributed by atoms with E-state index >= 15 is 0 Å². The molecule has 7 nitrogen and oxygen atoms in total. The summed E-state index contributed by atoms with van der Waals surface area (Å²) in [6.07, 6.45) is -0.109. The van der Waals surface area contributed by atoms with E-state index in [4.69, 9.17) is 9.47 Å². The van der Waals surface area contributed by atoms with Crippen molar-refractivity contribution in [3.05, 3.63) is 29.6 Å². The first kappa shape index (κ1) is 16.6. The highest BCUT2D eigenvalue weighted by Gasteiger charge is 2.25. The molecule has 2 atom stereocenters. The third-order valence-corrected chi connectivity index (χ3v) is 2.58. The topological polar surface area (TPSA) is 91.8 Å². The highest BCUT2D eigenvalue weighted by molar-refractivity contribution is 5.87. The Morgan fingerprint density at radius 3 is 2.14 bits per heavy atom. The fraction of sp³-hybridized carbons (Fsp3) is 0.429. The first-order chi connectivity index (χ1) is 9.85. The summed E-state index contributed by atoms with van der Waals surface area (Å²) in [7, 11) is 1.25. The van der Waals surface area contributed by atoms with Crippen LogP contribution < -0.4 is 0 Å². The largest absolute Gasteiger partial charge is 0.464 e. The first-order valence-corrected chi connectivity index (χ1v) is 6.23. The van der Waals surface area contributed by atoms with Crippen molar-refractivity contribution in [3.63, 3.8) is 0 Å². The van der Waals surface area contributed by atoms with Crippen LogP contribution >= 0.6 is 0 Å². The Kier molecular flexibility index (Phi) is 5.83. The van der Waals surface area contributed by atoms with Gasteiger partial charge in [-0.25, -0.2) is 9.78 Å². The van der Waals surface area contributed by atoms with Crippen molar-refractivity contribution in [1.29, 1.82) is 0 Å². The van der Waals surface area contributed by atoms with Crippen molar-refractivity contribution in [2.45, 2.75) is 33.0 Å².